The fourth-order valence-corrected chi connectivity index (χ4v) is 1.92. The minimum Gasteiger partial charge on any atom is -0.323 e. The molecule has 0 radical (unpaired) electrons. The topological polar surface area (TPSA) is 62.3 Å². The average molecular weight is 268 g/mol. The van der Waals surface area contributed by atoms with Gasteiger partial charge < -0.3 is 5.32 Å². The molecular formula is C12H14ClN3O2. The molecule has 18 heavy (non-hydrogen) atoms. The van der Waals surface area contributed by atoms with Crippen molar-refractivity contribution in [1.82, 2.24) is 15.2 Å². The summed E-state index contributed by atoms with van der Waals surface area (Å²) in [5.41, 5.74) is -0.0278. The zero-order chi connectivity index (χ0) is 13.3. The van der Waals surface area contributed by atoms with E-state index in [-0.39, 0.29) is 18.5 Å². The molecular weight excluding hydrogens is 254 g/mol. The summed E-state index contributed by atoms with van der Waals surface area (Å²) >= 11 is 5.68. The van der Waals surface area contributed by atoms with Gasteiger partial charge in [0, 0.05) is 6.20 Å². The molecule has 0 aliphatic carbocycles. The van der Waals surface area contributed by atoms with Crippen LogP contribution in [0.4, 0.5) is 4.79 Å². The van der Waals surface area contributed by atoms with Crippen LogP contribution in [0.2, 0.25) is 5.15 Å². The zero-order valence-corrected chi connectivity index (χ0v) is 11.0. The molecule has 1 N–H and O–H groups in total. The van der Waals surface area contributed by atoms with Crippen LogP contribution < -0.4 is 5.32 Å². The summed E-state index contributed by atoms with van der Waals surface area (Å²) in [6.45, 7) is 3.81. The summed E-state index contributed by atoms with van der Waals surface area (Å²) in [5.74, 6) is -0.204. The van der Waals surface area contributed by atoms with E-state index in [0.717, 1.165) is 5.56 Å². The number of nitrogens with one attached hydrogen (secondary N) is 1. The summed E-state index contributed by atoms with van der Waals surface area (Å²) in [5, 5.41) is 3.09. The van der Waals surface area contributed by atoms with E-state index in [1.807, 2.05) is 6.92 Å². The van der Waals surface area contributed by atoms with Gasteiger partial charge in [0.25, 0.3) is 5.91 Å². The summed E-state index contributed by atoms with van der Waals surface area (Å²) < 4.78 is 0. The maximum absolute atomic E-state index is 12.1. The second-order valence-electron chi connectivity index (χ2n) is 4.50. The smallest absolute Gasteiger partial charge is 0.323 e. The molecule has 5 nitrogen and oxygen atoms in total. The number of halogens is 1. The standard InChI is InChI=1S/C12H14ClN3O2/c1-3-12(2)10(17)16(11(18)15-12)7-8-4-5-9(13)14-6-8/h4-6H,3,7H2,1-2H3,(H,15,18). The maximum atomic E-state index is 12.1. The number of carbonyl (C=O) groups is 2. The van der Waals surface area contributed by atoms with Crippen LogP contribution >= 0.6 is 11.6 Å². The van der Waals surface area contributed by atoms with E-state index in [0.29, 0.717) is 11.6 Å². The Bertz CT molecular complexity index is 489. The Morgan fingerprint density at radius 2 is 2.17 bits per heavy atom. The number of rotatable bonds is 3. The van der Waals surface area contributed by atoms with Crippen LogP contribution in [-0.2, 0) is 11.3 Å². The Morgan fingerprint density at radius 1 is 1.44 bits per heavy atom. The second-order valence-corrected chi connectivity index (χ2v) is 4.88. The van der Waals surface area contributed by atoms with E-state index in [2.05, 4.69) is 10.3 Å². The molecule has 1 saturated heterocycles. The van der Waals surface area contributed by atoms with Crippen LogP contribution in [0, 0.1) is 0 Å². The quantitative estimate of drug-likeness (QED) is 0.673. The highest BCUT2D eigenvalue weighted by atomic mass is 35.5. The first kappa shape index (κ1) is 12.8. The predicted molar refractivity (Wildman–Crippen MR) is 67.0 cm³/mol. The maximum Gasteiger partial charge on any atom is 0.325 e. The highest BCUT2D eigenvalue weighted by Crippen LogP contribution is 2.22. The molecule has 0 aromatic carbocycles. The Kier molecular flexibility index (Phi) is 3.26. The van der Waals surface area contributed by atoms with Crippen LogP contribution in [0.1, 0.15) is 25.8 Å². The van der Waals surface area contributed by atoms with Crippen LogP contribution in [-0.4, -0.2) is 27.4 Å². The van der Waals surface area contributed by atoms with Crippen molar-refractivity contribution >= 4 is 23.5 Å². The van der Waals surface area contributed by atoms with Gasteiger partial charge in [-0.2, -0.15) is 0 Å². The van der Waals surface area contributed by atoms with Crippen molar-refractivity contribution < 1.29 is 9.59 Å². The molecule has 2 rings (SSSR count). The highest BCUT2D eigenvalue weighted by molar-refractivity contribution is 6.29. The lowest BCUT2D eigenvalue weighted by atomic mass is 9.99. The normalized spacial score (nSPS) is 23.4. The SMILES string of the molecule is CCC1(C)NC(=O)N(Cc2ccc(Cl)nc2)C1=O. The van der Waals surface area contributed by atoms with Crippen LogP contribution in [0.15, 0.2) is 18.3 Å². The molecule has 1 aromatic rings. The van der Waals surface area contributed by atoms with Gasteiger partial charge in [-0.3, -0.25) is 9.69 Å². The van der Waals surface area contributed by atoms with E-state index < -0.39 is 5.54 Å². The Balaban J connectivity index is 2.17. The number of pyridine rings is 1. The van der Waals surface area contributed by atoms with Gasteiger partial charge in [0.05, 0.1) is 6.54 Å². The third-order valence-electron chi connectivity index (χ3n) is 3.18. The molecule has 96 valence electrons. The number of imide groups is 1. The van der Waals surface area contributed by atoms with E-state index >= 15 is 0 Å². The van der Waals surface area contributed by atoms with Crippen molar-refractivity contribution in [3.05, 3.63) is 29.0 Å². The lowest BCUT2D eigenvalue weighted by Gasteiger charge is -2.19. The number of amides is 3. The van der Waals surface area contributed by atoms with Crippen LogP contribution in [0.25, 0.3) is 0 Å². The lowest BCUT2D eigenvalue weighted by molar-refractivity contribution is -0.131. The molecule has 0 spiro atoms. The predicted octanol–water partition coefficient (Wildman–Crippen LogP) is 1.96. The van der Waals surface area contributed by atoms with Crippen LogP contribution in [0.5, 0.6) is 0 Å². The van der Waals surface area contributed by atoms with E-state index in [9.17, 15) is 9.59 Å². The second kappa shape index (κ2) is 4.57. The van der Waals surface area contributed by atoms with Gasteiger partial charge in [-0.15, -0.1) is 0 Å². The number of hydrogen-bond acceptors (Lipinski definition) is 3. The molecule has 1 atom stereocenters. The molecule has 1 aliphatic heterocycles. The molecule has 0 saturated carbocycles. The van der Waals surface area contributed by atoms with E-state index in [1.165, 1.54) is 4.90 Å². The number of aromatic nitrogens is 1. The number of urea groups is 1. The first-order valence-corrected chi connectivity index (χ1v) is 6.08. The molecule has 3 amide bonds. The van der Waals surface area contributed by atoms with Crippen molar-refractivity contribution in [3.8, 4) is 0 Å². The Morgan fingerprint density at radius 3 is 2.67 bits per heavy atom. The Labute approximate surface area is 110 Å². The monoisotopic (exact) mass is 267 g/mol. The molecule has 6 heteroatoms. The average Bonchev–Trinajstić information content (AvgIpc) is 2.56. The number of nitrogens with zero attached hydrogens (tertiary/aromatic N) is 2. The summed E-state index contributed by atoms with van der Waals surface area (Å²) in [6.07, 6.45) is 2.12. The van der Waals surface area contributed by atoms with Crippen molar-refractivity contribution in [1.29, 1.82) is 0 Å². The summed E-state index contributed by atoms with van der Waals surface area (Å²) in [6, 6.07) is 3.02. The van der Waals surface area contributed by atoms with E-state index in [1.54, 1.807) is 25.3 Å². The van der Waals surface area contributed by atoms with Crippen molar-refractivity contribution in [2.45, 2.75) is 32.4 Å². The fourth-order valence-electron chi connectivity index (χ4n) is 1.81. The summed E-state index contributed by atoms with van der Waals surface area (Å²) in [7, 11) is 0. The first-order valence-electron chi connectivity index (χ1n) is 5.71. The Hall–Kier alpha value is -1.62. The fraction of sp³-hybridized carbons (Fsp3) is 0.417. The van der Waals surface area contributed by atoms with Gasteiger partial charge in [-0.05, 0) is 25.0 Å². The third-order valence-corrected chi connectivity index (χ3v) is 3.41. The summed E-state index contributed by atoms with van der Waals surface area (Å²) in [4.78, 5) is 29.0. The number of carbonyl (C=O) groups excluding carboxylic acids is 2. The van der Waals surface area contributed by atoms with E-state index in [4.69, 9.17) is 11.6 Å². The van der Waals surface area contributed by atoms with Gasteiger partial charge in [0.2, 0.25) is 0 Å². The number of hydrogen-bond donors (Lipinski definition) is 1. The van der Waals surface area contributed by atoms with Crippen molar-refractivity contribution in [2.24, 2.45) is 0 Å². The van der Waals surface area contributed by atoms with Gasteiger partial charge in [-0.25, -0.2) is 9.78 Å². The van der Waals surface area contributed by atoms with Gasteiger partial charge in [0.15, 0.2) is 0 Å². The first-order chi connectivity index (χ1) is 8.46. The molecule has 2 heterocycles. The molecule has 0 bridgehead atoms. The van der Waals surface area contributed by atoms with Gasteiger partial charge >= 0.3 is 6.03 Å². The largest absolute Gasteiger partial charge is 0.325 e. The van der Waals surface area contributed by atoms with Gasteiger partial charge in [-0.1, -0.05) is 24.6 Å². The van der Waals surface area contributed by atoms with Crippen LogP contribution in [0.3, 0.4) is 0 Å². The molecule has 1 fully saturated rings. The molecule has 1 aromatic heterocycles. The van der Waals surface area contributed by atoms with Crippen molar-refractivity contribution in [3.63, 3.8) is 0 Å². The highest BCUT2D eigenvalue weighted by Gasteiger charge is 2.46. The lowest BCUT2D eigenvalue weighted by Crippen LogP contribution is -2.43. The molecule has 1 aliphatic rings. The van der Waals surface area contributed by atoms with Crippen molar-refractivity contribution in [2.75, 3.05) is 0 Å². The third kappa shape index (κ3) is 2.18. The zero-order valence-electron chi connectivity index (χ0n) is 10.2. The van der Waals surface area contributed by atoms with Gasteiger partial charge in [0.1, 0.15) is 10.7 Å². The molecule has 1 unspecified atom stereocenters. The minimum absolute atomic E-state index is 0.204. The minimum atomic E-state index is -0.795.